The summed E-state index contributed by atoms with van der Waals surface area (Å²) < 4.78 is 64.4. The second-order valence-electron chi connectivity index (χ2n) is 28.4. The van der Waals surface area contributed by atoms with E-state index in [1.807, 2.05) is 33.8 Å². The van der Waals surface area contributed by atoms with E-state index in [0.717, 1.165) is 12.5 Å². The van der Waals surface area contributed by atoms with Crippen LogP contribution in [-0.4, -0.2) is 286 Å². The number of allylic oxidation sites excluding steroid dienone is 2. The Morgan fingerprint density at radius 1 is 0.618 bits per heavy atom. The first-order valence-electron chi connectivity index (χ1n) is 30.8. The molecule has 5 heterocycles. The number of carbonyl (C=O) groups is 3. The van der Waals surface area contributed by atoms with Gasteiger partial charge in [-0.2, -0.15) is 0 Å². The van der Waals surface area contributed by atoms with Gasteiger partial charge < -0.3 is 134 Å². The maximum absolute atomic E-state index is 15.5. The van der Waals surface area contributed by atoms with Crippen molar-refractivity contribution in [2.75, 3.05) is 39.6 Å². The minimum atomic E-state index is -2.22. The summed E-state index contributed by atoms with van der Waals surface area (Å²) in [4.78, 5) is 42.1. The van der Waals surface area contributed by atoms with Crippen LogP contribution in [-0.2, 0) is 66.5 Å². The molecule has 30 heteroatoms. The van der Waals surface area contributed by atoms with Crippen LogP contribution in [0.3, 0.4) is 0 Å². The van der Waals surface area contributed by atoms with Crippen molar-refractivity contribution < 1.29 is 148 Å². The van der Waals surface area contributed by atoms with Crippen LogP contribution in [0.4, 0.5) is 0 Å². The lowest BCUT2D eigenvalue weighted by atomic mass is 9.33. The van der Waals surface area contributed by atoms with Gasteiger partial charge in [0.05, 0.1) is 58.0 Å². The van der Waals surface area contributed by atoms with Crippen LogP contribution in [0.1, 0.15) is 99.8 Å². The Morgan fingerprint density at radius 3 is 1.90 bits per heavy atom. The third-order valence-corrected chi connectivity index (χ3v) is 22.8. The first kappa shape index (κ1) is 69.0. The fraction of sp³-hybridized carbons (Fsp3) is 0.915. The predicted octanol–water partition coefficient (Wildman–Crippen LogP) is -4.72. The van der Waals surface area contributed by atoms with E-state index in [4.69, 9.17) is 52.1 Å². The number of carbonyl (C=O) groups excluding carboxylic acids is 2. The molecule has 0 bridgehead atoms. The number of ether oxygens (including phenoxy) is 11. The molecular weight excluding hydrogens is 1190 g/mol. The minimum Gasteiger partial charge on any atom is -0.481 e. The van der Waals surface area contributed by atoms with E-state index >= 15 is 4.79 Å². The number of aliphatic hydroxyl groups excluding tert-OH is 14. The maximum atomic E-state index is 15.5. The molecular formula is C59H92O30. The molecule has 16 N–H and O–H groups in total. The van der Waals surface area contributed by atoms with Gasteiger partial charge in [0, 0.05) is 6.92 Å². The van der Waals surface area contributed by atoms with Crippen molar-refractivity contribution in [3.63, 3.8) is 0 Å². The first-order chi connectivity index (χ1) is 41.6. The van der Waals surface area contributed by atoms with Crippen molar-refractivity contribution in [3.8, 4) is 0 Å². The quantitative estimate of drug-likeness (QED) is 0.0416. The fourth-order valence-corrected chi connectivity index (χ4v) is 17.7. The standard InChI is InChI=1S/C59H92O30/c1-23-40(85-46-38(72)41(29(66)19-79-46)86-50-44(74)57(78,20-61)22-81-50)42(83-24(2)63)39(73)48(82-23)87-43-34(68)28(65)18-80-49(43)89-52(77)58-13-12-53(3,4)14-26(58)25-8-9-31-54(5)15-27(64)45(88-47-37(71)36(70)35(69)30(17-60)84-47)59(21-62,51(75)76)32(54)10-11-55(31,6)56(25,7)16-33(58)67/h8,23,26-50,60-62,64-74,78H,9-22H2,1-7H3,(H,75,76). The van der Waals surface area contributed by atoms with Gasteiger partial charge in [-0.1, -0.05) is 46.3 Å². The number of carboxylic acids is 1. The molecule has 0 aromatic carbocycles. The molecule has 10 aliphatic rings. The topological polar surface area (TPSA) is 476 Å². The third-order valence-electron chi connectivity index (χ3n) is 22.8. The summed E-state index contributed by atoms with van der Waals surface area (Å²) in [5.74, 6) is -5.37. The van der Waals surface area contributed by atoms with Gasteiger partial charge in [0.25, 0.3) is 0 Å². The Kier molecular flexibility index (Phi) is 19.4. The molecule has 9 fully saturated rings. The summed E-state index contributed by atoms with van der Waals surface area (Å²) in [5, 5.41) is 177. The molecule has 0 aromatic heterocycles. The number of hydrogen-bond donors (Lipinski definition) is 16. The lowest BCUT2D eigenvalue weighted by Gasteiger charge is -2.72. The molecule has 0 radical (unpaired) electrons. The summed E-state index contributed by atoms with van der Waals surface area (Å²) in [7, 11) is 0. The maximum Gasteiger partial charge on any atom is 0.317 e. The van der Waals surface area contributed by atoms with Crippen LogP contribution in [0.2, 0.25) is 0 Å². The highest BCUT2D eigenvalue weighted by Gasteiger charge is 2.75. The fourth-order valence-electron chi connectivity index (χ4n) is 17.7. The lowest BCUT2D eigenvalue weighted by molar-refractivity contribution is -0.372. The average Bonchev–Trinajstić information content (AvgIpc) is 0.940. The number of rotatable bonds is 15. The molecule has 5 aliphatic carbocycles. The van der Waals surface area contributed by atoms with Gasteiger partial charge in [0.15, 0.2) is 37.4 Å². The van der Waals surface area contributed by atoms with Crippen LogP contribution in [0, 0.1) is 50.2 Å². The van der Waals surface area contributed by atoms with Crippen molar-refractivity contribution in [3.05, 3.63) is 11.6 Å². The van der Waals surface area contributed by atoms with Gasteiger partial charge in [-0.3, -0.25) is 14.4 Å². The molecule has 32 atom stereocenters. The summed E-state index contributed by atoms with van der Waals surface area (Å²) in [6.45, 7) is 8.14. The molecule has 10 rings (SSSR count). The number of aliphatic hydroxyl groups is 15. The molecule has 4 saturated carbocycles. The van der Waals surface area contributed by atoms with Gasteiger partial charge in [-0.05, 0) is 97.7 Å². The molecule has 0 amide bonds. The number of fused-ring (bicyclic) bond motifs is 7. The van der Waals surface area contributed by atoms with E-state index in [1.165, 1.54) is 6.92 Å². The summed E-state index contributed by atoms with van der Waals surface area (Å²) in [6.07, 6.45) is -35.5. The van der Waals surface area contributed by atoms with Crippen LogP contribution in [0.5, 0.6) is 0 Å². The van der Waals surface area contributed by atoms with E-state index in [2.05, 4.69) is 6.92 Å². The Labute approximate surface area is 513 Å². The zero-order chi connectivity index (χ0) is 65.2. The highest BCUT2D eigenvalue weighted by atomic mass is 16.8. The second-order valence-corrected chi connectivity index (χ2v) is 28.4. The van der Waals surface area contributed by atoms with E-state index in [0.29, 0.717) is 25.7 Å². The Bertz CT molecular complexity index is 2590. The number of carboxylic acid groups (broad SMARTS) is 1. The van der Waals surface area contributed by atoms with Crippen molar-refractivity contribution >= 4 is 17.9 Å². The van der Waals surface area contributed by atoms with Crippen molar-refractivity contribution in [1.29, 1.82) is 0 Å². The Hall–Kier alpha value is -2.81. The van der Waals surface area contributed by atoms with E-state index < -0.39 is 255 Å². The monoisotopic (exact) mass is 1280 g/mol. The smallest absolute Gasteiger partial charge is 0.317 e. The number of hydrogen-bond acceptors (Lipinski definition) is 29. The summed E-state index contributed by atoms with van der Waals surface area (Å²) in [6, 6.07) is 0. The van der Waals surface area contributed by atoms with E-state index in [1.54, 1.807) is 0 Å². The van der Waals surface area contributed by atoms with Crippen LogP contribution < -0.4 is 0 Å². The Morgan fingerprint density at radius 2 is 1.26 bits per heavy atom. The van der Waals surface area contributed by atoms with Crippen LogP contribution in [0.25, 0.3) is 0 Å². The molecule has 32 unspecified atom stereocenters. The van der Waals surface area contributed by atoms with Gasteiger partial charge >= 0.3 is 17.9 Å². The zero-order valence-electron chi connectivity index (χ0n) is 50.9. The van der Waals surface area contributed by atoms with E-state index in [-0.39, 0.29) is 25.7 Å². The van der Waals surface area contributed by atoms with Crippen molar-refractivity contribution in [2.24, 2.45) is 50.2 Å². The summed E-state index contributed by atoms with van der Waals surface area (Å²) in [5.41, 5.74) is -8.29. The SMILES string of the molecule is CC(=O)OC1C(O)C(OC2C(OC(=O)C34CCC(C)(C)CC3C3=CCC5C6(C)CC(O)C(OC7OC(CO)C(O)C(O)C7O)C(CO)(C(=O)O)C6CCC5(C)C3(C)CC4O)OCC(O)C2O)OC(C)C1OC1OCC(O)C(OC2OCC(O)(CO)C2O)C1O. The van der Waals surface area contributed by atoms with Crippen molar-refractivity contribution in [1.82, 2.24) is 0 Å². The van der Waals surface area contributed by atoms with Crippen LogP contribution >= 0.6 is 0 Å². The molecule has 508 valence electrons. The largest absolute Gasteiger partial charge is 0.481 e. The molecule has 5 saturated heterocycles. The van der Waals surface area contributed by atoms with Gasteiger partial charge in [-0.15, -0.1) is 0 Å². The first-order valence-corrected chi connectivity index (χ1v) is 30.8. The normalized spacial score (nSPS) is 53.0. The van der Waals surface area contributed by atoms with Gasteiger partial charge in [-0.25, -0.2) is 0 Å². The van der Waals surface area contributed by atoms with Crippen LogP contribution in [0.15, 0.2) is 11.6 Å². The molecule has 5 aliphatic heterocycles. The lowest BCUT2D eigenvalue weighted by Crippen LogP contribution is -2.72. The van der Waals surface area contributed by atoms with Gasteiger partial charge in [0.2, 0.25) is 6.29 Å². The molecule has 0 spiro atoms. The zero-order valence-corrected chi connectivity index (χ0v) is 50.9. The van der Waals surface area contributed by atoms with Crippen molar-refractivity contribution in [2.45, 2.75) is 247 Å². The van der Waals surface area contributed by atoms with Gasteiger partial charge in [0.1, 0.15) is 95.8 Å². The predicted molar refractivity (Wildman–Crippen MR) is 292 cm³/mol. The Balaban J connectivity index is 0.890. The number of aliphatic carboxylic acids is 1. The number of esters is 2. The molecule has 89 heavy (non-hydrogen) atoms. The highest BCUT2D eigenvalue weighted by molar-refractivity contribution is 5.80. The average molecular weight is 1280 g/mol. The van der Waals surface area contributed by atoms with E-state index in [9.17, 15) is 91.3 Å². The summed E-state index contributed by atoms with van der Waals surface area (Å²) >= 11 is 0. The highest BCUT2D eigenvalue weighted by Crippen LogP contribution is 2.76. The molecule has 0 aromatic rings. The minimum absolute atomic E-state index is 0.00808. The second kappa shape index (κ2) is 25.1. The molecule has 30 nitrogen and oxygen atoms in total. The third kappa shape index (κ3) is 11.2.